The molecular weight excluding hydrogens is 204 g/mol. The molecule has 16 heavy (non-hydrogen) atoms. The highest BCUT2D eigenvalue weighted by molar-refractivity contribution is 5.80. The number of carbonyl (C=O) groups excluding carboxylic acids is 1. The van der Waals surface area contributed by atoms with Gasteiger partial charge in [0.05, 0.1) is 12.0 Å². The van der Waals surface area contributed by atoms with Crippen LogP contribution in [-0.2, 0) is 9.53 Å². The number of nitrogens with two attached hydrogens (primary N) is 1. The zero-order valence-corrected chi connectivity index (χ0v) is 10.6. The molecule has 0 aromatic heterocycles. The minimum atomic E-state index is 0.0418. The molecule has 1 heterocycles. The van der Waals surface area contributed by atoms with Gasteiger partial charge in [-0.1, -0.05) is 0 Å². The first-order valence-corrected chi connectivity index (χ1v) is 6.20. The van der Waals surface area contributed by atoms with Crippen molar-refractivity contribution in [3.8, 4) is 0 Å². The molecular formula is C12H24N2O2. The maximum absolute atomic E-state index is 12.3. The first-order chi connectivity index (χ1) is 7.57. The van der Waals surface area contributed by atoms with Gasteiger partial charge in [0, 0.05) is 19.2 Å². The van der Waals surface area contributed by atoms with Gasteiger partial charge in [0.15, 0.2) is 0 Å². The molecule has 1 aliphatic rings. The Hall–Kier alpha value is -0.610. The SMILES string of the molecule is CC1OCCC1C(=O)N(CCCN)C(C)C. The first-order valence-electron chi connectivity index (χ1n) is 6.20. The molecule has 94 valence electrons. The van der Waals surface area contributed by atoms with Gasteiger partial charge < -0.3 is 15.4 Å². The zero-order chi connectivity index (χ0) is 12.1. The van der Waals surface area contributed by atoms with Crippen molar-refractivity contribution in [1.82, 2.24) is 4.90 Å². The van der Waals surface area contributed by atoms with Crippen molar-refractivity contribution in [3.63, 3.8) is 0 Å². The van der Waals surface area contributed by atoms with E-state index in [0.717, 1.165) is 19.4 Å². The summed E-state index contributed by atoms with van der Waals surface area (Å²) in [6, 6.07) is 0.242. The lowest BCUT2D eigenvalue weighted by Gasteiger charge is -2.30. The van der Waals surface area contributed by atoms with Crippen molar-refractivity contribution in [2.45, 2.75) is 45.8 Å². The Balaban J connectivity index is 2.59. The van der Waals surface area contributed by atoms with Gasteiger partial charge in [-0.05, 0) is 40.2 Å². The van der Waals surface area contributed by atoms with E-state index in [1.54, 1.807) is 0 Å². The Morgan fingerprint density at radius 1 is 1.56 bits per heavy atom. The Morgan fingerprint density at radius 2 is 2.25 bits per heavy atom. The Bertz CT molecular complexity index is 231. The van der Waals surface area contributed by atoms with Crippen LogP contribution in [0.1, 0.15) is 33.6 Å². The molecule has 0 saturated carbocycles. The lowest BCUT2D eigenvalue weighted by Crippen LogP contribution is -2.43. The van der Waals surface area contributed by atoms with Gasteiger partial charge in [-0.2, -0.15) is 0 Å². The molecule has 0 radical (unpaired) electrons. The molecule has 0 aromatic rings. The van der Waals surface area contributed by atoms with Crippen LogP contribution in [0, 0.1) is 5.92 Å². The molecule has 2 unspecified atom stereocenters. The summed E-state index contributed by atoms with van der Waals surface area (Å²) in [6.45, 7) is 8.19. The number of rotatable bonds is 5. The predicted molar refractivity (Wildman–Crippen MR) is 64.0 cm³/mol. The highest BCUT2D eigenvalue weighted by atomic mass is 16.5. The van der Waals surface area contributed by atoms with E-state index in [-0.39, 0.29) is 24.0 Å². The third kappa shape index (κ3) is 3.19. The third-order valence-electron chi connectivity index (χ3n) is 3.20. The maximum atomic E-state index is 12.3. The molecule has 1 rings (SSSR count). The van der Waals surface area contributed by atoms with Crippen LogP contribution in [0.3, 0.4) is 0 Å². The summed E-state index contributed by atoms with van der Waals surface area (Å²) in [7, 11) is 0. The summed E-state index contributed by atoms with van der Waals surface area (Å²) in [5, 5.41) is 0. The minimum absolute atomic E-state index is 0.0418. The molecule has 1 amide bonds. The van der Waals surface area contributed by atoms with Crippen molar-refractivity contribution in [2.75, 3.05) is 19.7 Å². The van der Waals surface area contributed by atoms with Crippen LogP contribution >= 0.6 is 0 Å². The van der Waals surface area contributed by atoms with Crippen LogP contribution < -0.4 is 5.73 Å². The molecule has 2 atom stereocenters. The van der Waals surface area contributed by atoms with Crippen LogP contribution in [0.4, 0.5) is 0 Å². The fraction of sp³-hybridized carbons (Fsp3) is 0.917. The molecule has 1 saturated heterocycles. The summed E-state index contributed by atoms with van der Waals surface area (Å²) in [6.07, 6.45) is 1.78. The van der Waals surface area contributed by atoms with E-state index in [0.29, 0.717) is 13.2 Å². The normalized spacial score (nSPS) is 25.1. The number of ether oxygens (including phenoxy) is 1. The maximum Gasteiger partial charge on any atom is 0.228 e. The molecule has 4 nitrogen and oxygen atoms in total. The van der Waals surface area contributed by atoms with Gasteiger partial charge >= 0.3 is 0 Å². The highest BCUT2D eigenvalue weighted by Crippen LogP contribution is 2.23. The van der Waals surface area contributed by atoms with Crippen molar-refractivity contribution in [1.29, 1.82) is 0 Å². The summed E-state index contributed by atoms with van der Waals surface area (Å²) in [5.74, 6) is 0.272. The second-order valence-electron chi connectivity index (χ2n) is 4.74. The average molecular weight is 228 g/mol. The van der Waals surface area contributed by atoms with Crippen LogP contribution in [0.25, 0.3) is 0 Å². The zero-order valence-electron chi connectivity index (χ0n) is 10.6. The number of amides is 1. The molecule has 0 spiro atoms. The van der Waals surface area contributed by atoms with E-state index < -0.39 is 0 Å². The standard InChI is InChI=1S/C12H24N2O2/c1-9(2)14(7-4-6-13)12(15)11-5-8-16-10(11)3/h9-11H,4-8,13H2,1-3H3. The van der Waals surface area contributed by atoms with E-state index in [1.165, 1.54) is 0 Å². The van der Waals surface area contributed by atoms with Gasteiger partial charge in [0.1, 0.15) is 0 Å². The predicted octanol–water partition coefficient (Wildman–Crippen LogP) is 0.997. The van der Waals surface area contributed by atoms with Gasteiger partial charge in [0.2, 0.25) is 5.91 Å². The van der Waals surface area contributed by atoms with Crippen molar-refractivity contribution in [2.24, 2.45) is 11.7 Å². The second kappa shape index (κ2) is 6.21. The van der Waals surface area contributed by atoms with E-state index in [1.807, 2.05) is 11.8 Å². The largest absolute Gasteiger partial charge is 0.378 e. The Morgan fingerprint density at radius 3 is 2.69 bits per heavy atom. The van der Waals surface area contributed by atoms with E-state index in [4.69, 9.17) is 10.5 Å². The van der Waals surface area contributed by atoms with Crippen LogP contribution in [0.2, 0.25) is 0 Å². The minimum Gasteiger partial charge on any atom is -0.378 e. The Labute approximate surface area is 98.1 Å². The molecule has 0 aliphatic carbocycles. The lowest BCUT2D eigenvalue weighted by molar-refractivity contribution is -0.138. The fourth-order valence-electron chi connectivity index (χ4n) is 2.15. The van der Waals surface area contributed by atoms with Crippen LogP contribution in [0.5, 0.6) is 0 Å². The van der Waals surface area contributed by atoms with Gasteiger partial charge in [-0.15, -0.1) is 0 Å². The van der Waals surface area contributed by atoms with E-state index in [9.17, 15) is 4.79 Å². The van der Waals surface area contributed by atoms with Crippen LogP contribution in [0.15, 0.2) is 0 Å². The van der Waals surface area contributed by atoms with Gasteiger partial charge in [0.25, 0.3) is 0 Å². The van der Waals surface area contributed by atoms with E-state index in [2.05, 4.69) is 13.8 Å². The first kappa shape index (κ1) is 13.5. The molecule has 0 bridgehead atoms. The molecule has 2 N–H and O–H groups in total. The fourth-order valence-corrected chi connectivity index (χ4v) is 2.15. The highest BCUT2D eigenvalue weighted by Gasteiger charge is 2.34. The molecule has 4 heteroatoms. The number of hydrogen-bond acceptors (Lipinski definition) is 3. The second-order valence-corrected chi connectivity index (χ2v) is 4.74. The summed E-state index contributed by atoms with van der Waals surface area (Å²) < 4.78 is 5.45. The topological polar surface area (TPSA) is 55.6 Å². The summed E-state index contributed by atoms with van der Waals surface area (Å²) in [4.78, 5) is 14.2. The average Bonchev–Trinajstić information content (AvgIpc) is 2.64. The molecule has 1 aliphatic heterocycles. The quantitative estimate of drug-likeness (QED) is 0.763. The van der Waals surface area contributed by atoms with Crippen molar-refractivity contribution >= 4 is 5.91 Å². The summed E-state index contributed by atoms with van der Waals surface area (Å²) in [5.41, 5.74) is 5.50. The van der Waals surface area contributed by atoms with Crippen molar-refractivity contribution < 1.29 is 9.53 Å². The number of nitrogens with zero attached hydrogens (tertiary/aromatic N) is 1. The number of hydrogen-bond donors (Lipinski definition) is 1. The third-order valence-corrected chi connectivity index (χ3v) is 3.20. The summed E-state index contributed by atoms with van der Waals surface area (Å²) >= 11 is 0. The van der Waals surface area contributed by atoms with Crippen molar-refractivity contribution in [3.05, 3.63) is 0 Å². The molecule has 1 fully saturated rings. The monoisotopic (exact) mass is 228 g/mol. The smallest absolute Gasteiger partial charge is 0.228 e. The Kier molecular flexibility index (Phi) is 5.22. The van der Waals surface area contributed by atoms with E-state index >= 15 is 0 Å². The lowest BCUT2D eigenvalue weighted by atomic mass is 10.00. The van der Waals surface area contributed by atoms with Gasteiger partial charge in [-0.25, -0.2) is 0 Å². The number of carbonyl (C=O) groups is 1. The molecule has 0 aromatic carbocycles. The van der Waals surface area contributed by atoms with Gasteiger partial charge in [-0.3, -0.25) is 4.79 Å². The van der Waals surface area contributed by atoms with Crippen LogP contribution in [-0.4, -0.2) is 42.6 Å².